The van der Waals surface area contributed by atoms with Crippen LogP contribution in [0.1, 0.15) is 30.0 Å². The Morgan fingerprint density at radius 2 is 1.07 bits per heavy atom. The summed E-state index contributed by atoms with van der Waals surface area (Å²) < 4.78 is 0. The molecule has 3 heteroatoms. The largest absolute Gasteiger partial charge is 0.274 e. The predicted octanol–water partition coefficient (Wildman–Crippen LogP) is 4.37. The fourth-order valence-corrected chi connectivity index (χ4v) is 4.06. The first-order valence-corrected chi connectivity index (χ1v) is 9.19. The highest BCUT2D eigenvalue weighted by Gasteiger charge is 2.52. The summed E-state index contributed by atoms with van der Waals surface area (Å²) in [7, 11) is 0. The molecule has 3 aromatic carbocycles. The molecular formula is C24H21NO2. The number of carbonyl (C=O) groups is 2. The molecule has 1 heterocycles. The van der Waals surface area contributed by atoms with E-state index in [4.69, 9.17) is 0 Å². The van der Waals surface area contributed by atoms with Crippen LogP contribution in [0.25, 0.3) is 0 Å². The molecule has 0 radical (unpaired) electrons. The number of hydrogen-bond acceptors (Lipinski definition) is 2. The van der Waals surface area contributed by atoms with E-state index >= 15 is 0 Å². The molecule has 0 saturated carbocycles. The molecular weight excluding hydrogens is 334 g/mol. The minimum absolute atomic E-state index is 0.128. The van der Waals surface area contributed by atoms with Gasteiger partial charge in [0.2, 0.25) is 11.8 Å². The lowest BCUT2D eigenvalue weighted by atomic mass is 9.75. The van der Waals surface area contributed by atoms with Gasteiger partial charge in [-0.25, -0.2) is 0 Å². The molecule has 3 nitrogen and oxygen atoms in total. The number of benzene rings is 3. The molecule has 27 heavy (non-hydrogen) atoms. The molecule has 3 aromatic rings. The van der Waals surface area contributed by atoms with E-state index in [2.05, 4.69) is 0 Å². The minimum Gasteiger partial charge on any atom is -0.274 e. The quantitative estimate of drug-likeness (QED) is 0.515. The first kappa shape index (κ1) is 17.2. The third-order valence-corrected chi connectivity index (χ3v) is 5.28. The second-order valence-electron chi connectivity index (χ2n) is 6.98. The maximum Gasteiger partial charge on any atom is 0.233 e. The van der Waals surface area contributed by atoms with E-state index in [-0.39, 0.29) is 24.2 Å². The predicted molar refractivity (Wildman–Crippen MR) is 105 cm³/mol. The van der Waals surface area contributed by atoms with E-state index in [1.165, 1.54) is 4.90 Å². The Bertz CT molecular complexity index is 855. The first-order chi connectivity index (χ1) is 13.2. The number of rotatable bonds is 4. The van der Waals surface area contributed by atoms with Crippen LogP contribution in [0.3, 0.4) is 0 Å². The van der Waals surface area contributed by atoms with Crippen LogP contribution in [0.5, 0.6) is 0 Å². The van der Waals surface area contributed by atoms with Gasteiger partial charge in [-0.15, -0.1) is 0 Å². The third kappa shape index (κ3) is 2.67. The van der Waals surface area contributed by atoms with Gasteiger partial charge >= 0.3 is 0 Å². The normalized spacial score (nSPS) is 17.4. The second-order valence-corrected chi connectivity index (χ2v) is 6.98. The summed E-state index contributed by atoms with van der Waals surface area (Å²) in [6.07, 6.45) is 0.243. The Morgan fingerprint density at radius 3 is 1.37 bits per heavy atom. The van der Waals surface area contributed by atoms with Crippen LogP contribution in [-0.2, 0) is 15.1 Å². The number of likely N-dealkylation sites (tertiary alicyclic amines) is 1. The lowest BCUT2D eigenvalue weighted by Gasteiger charge is -2.42. The standard InChI is InChI=1S/C24H21NO2/c1-18-17-22(26)25(23(18)27)24(19-11-5-2-6-12-19,20-13-7-3-8-14-20)21-15-9-4-10-16-21/h2-16,18H,17H2,1H3. The summed E-state index contributed by atoms with van der Waals surface area (Å²) in [5.41, 5.74) is 1.72. The summed E-state index contributed by atoms with van der Waals surface area (Å²) in [6.45, 7) is 1.83. The molecule has 134 valence electrons. The van der Waals surface area contributed by atoms with E-state index in [1.807, 2.05) is 97.9 Å². The van der Waals surface area contributed by atoms with Gasteiger partial charge in [0.25, 0.3) is 0 Å². The van der Waals surface area contributed by atoms with Crippen molar-refractivity contribution >= 4 is 11.8 Å². The van der Waals surface area contributed by atoms with E-state index in [0.29, 0.717) is 0 Å². The van der Waals surface area contributed by atoms with Crippen LogP contribution in [0.15, 0.2) is 91.0 Å². The lowest BCUT2D eigenvalue weighted by molar-refractivity contribution is -0.144. The summed E-state index contributed by atoms with van der Waals surface area (Å²) in [5.74, 6) is -0.575. The molecule has 0 aromatic heterocycles. The molecule has 0 spiro atoms. The lowest BCUT2D eigenvalue weighted by Crippen LogP contribution is -2.51. The van der Waals surface area contributed by atoms with Crippen molar-refractivity contribution in [2.45, 2.75) is 18.9 Å². The number of amides is 2. The Morgan fingerprint density at radius 1 is 0.704 bits per heavy atom. The summed E-state index contributed by atoms with van der Waals surface area (Å²) in [4.78, 5) is 27.7. The summed E-state index contributed by atoms with van der Waals surface area (Å²) >= 11 is 0. The van der Waals surface area contributed by atoms with Gasteiger partial charge in [-0.1, -0.05) is 97.9 Å². The van der Waals surface area contributed by atoms with Crippen LogP contribution in [0, 0.1) is 5.92 Å². The molecule has 1 unspecified atom stereocenters. The van der Waals surface area contributed by atoms with Crippen molar-refractivity contribution in [3.05, 3.63) is 108 Å². The van der Waals surface area contributed by atoms with Crippen LogP contribution >= 0.6 is 0 Å². The summed E-state index contributed by atoms with van der Waals surface area (Å²) in [5, 5.41) is 0. The Balaban J connectivity index is 2.11. The van der Waals surface area contributed by atoms with Crippen LogP contribution in [-0.4, -0.2) is 16.7 Å². The molecule has 1 atom stereocenters. The van der Waals surface area contributed by atoms with Gasteiger partial charge in [-0.3, -0.25) is 14.5 Å². The monoisotopic (exact) mass is 355 g/mol. The topological polar surface area (TPSA) is 37.4 Å². The van der Waals surface area contributed by atoms with Crippen molar-refractivity contribution < 1.29 is 9.59 Å². The average molecular weight is 355 g/mol. The zero-order valence-corrected chi connectivity index (χ0v) is 15.2. The van der Waals surface area contributed by atoms with Crippen molar-refractivity contribution in [2.24, 2.45) is 5.92 Å². The highest BCUT2D eigenvalue weighted by molar-refractivity contribution is 6.05. The third-order valence-electron chi connectivity index (χ3n) is 5.28. The maximum atomic E-state index is 13.2. The Labute approximate surface area is 159 Å². The fourth-order valence-electron chi connectivity index (χ4n) is 4.06. The molecule has 0 aliphatic carbocycles. The van der Waals surface area contributed by atoms with Crippen molar-refractivity contribution in [1.29, 1.82) is 0 Å². The Hall–Kier alpha value is -3.20. The number of nitrogens with zero attached hydrogens (tertiary/aromatic N) is 1. The number of carbonyl (C=O) groups excluding carboxylic acids is 2. The van der Waals surface area contributed by atoms with Crippen molar-refractivity contribution in [1.82, 2.24) is 4.90 Å². The van der Waals surface area contributed by atoms with Gasteiger partial charge in [0.05, 0.1) is 0 Å². The van der Waals surface area contributed by atoms with Crippen LogP contribution in [0.4, 0.5) is 0 Å². The van der Waals surface area contributed by atoms with Gasteiger partial charge in [-0.05, 0) is 16.7 Å². The van der Waals surface area contributed by atoms with Crippen molar-refractivity contribution in [3.8, 4) is 0 Å². The van der Waals surface area contributed by atoms with Crippen molar-refractivity contribution in [3.63, 3.8) is 0 Å². The average Bonchev–Trinajstić information content (AvgIpc) is 2.98. The van der Waals surface area contributed by atoms with Gasteiger partial charge in [-0.2, -0.15) is 0 Å². The molecule has 2 amide bonds. The van der Waals surface area contributed by atoms with Gasteiger partial charge in [0.15, 0.2) is 0 Å². The molecule has 4 rings (SSSR count). The van der Waals surface area contributed by atoms with Gasteiger partial charge < -0.3 is 0 Å². The fraction of sp³-hybridized carbons (Fsp3) is 0.167. The number of hydrogen-bond donors (Lipinski definition) is 0. The first-order valence-electron chi connectivity index (χ1n) is 9.19. The number of imide groups is 1. The summed E-state index contributed by atoms with van der Waals surface area (Å²) in [6, 6.07) is 29.5. The molecule has 1 fully saturated rings. The van der Waals surface area contributed by atoms with Crippen molar-refractivity contribution in [2.75, 3.05) is 0 Å². The van der Waals surface area contributed by atoms with Gasteiger partial charge in [0.1, 0.15) is 5.54 Å². The highest BCUT2D eigenvalue weighted by atomic mass is 16.2. The Kier molecular flexibility index (Phi) is 4.36. The molecule has 0 bridgehead atoms. The van der Waals surface area contributed by atoms with Crippen LogP contribution < -0.4 is 0 Å². The van der Waals surface area contributed by atoms with E-state index in [0.717, 1.165) is 16.7 Å². The van der Waals surface area contributed by atoms with Gasteiger partial charge in [0, 0.05) is 12.3 Å². The molecule has 1 aliphatic rings. The zero-order valence-electron chi connectivity index (χ0n) is 15.2. The molecule has 1 aliphatic heterocycles. The van der Waals surface area contributed by atoms with E-state index in [9.17, 15) is 9.59 Å². The maximum absolute atomic E-state index is 13.2. The molecule has 1 saturated heterocycles. The highest BCUT2D eigenvalue weighted by Crippen LogP contribution is 2.45. The molecule has 0 N–H and O–H groups in total. The smallest absolute Gasteiger partial charge is 0.233 e. The second kappa shape index (κ2) is 6.84. The van der Waals surface area contributed by atoms with E-state index < -0.39 is 5.54 Å². The van der Waals surface area contributed by atoms with Crippen LogP contribution in [0.2, 0.25) is 0 Å². The van der Waals surface area contributed by atoms with E-state index in [1.54, 1.807) is 0 Å². The zero-order chi connectivity index (χ0) is 18.9. The SMILES string of the molecule is CC1CC(=O)N(C(c2ccccc2)(c2ccccc2)c2ccccc2)C1=O. The minimum atomic E-state index is -0.983.